The van der Waals surface area contributed by atoms with Gasteiger partial charge in [0.15, 0.2) is 0 Å². The van der Waals surface area contributed by atoms with Gasteiger partial charge in [0.05, 0.1) is 6.10 Å². The number of aliphatic hydroxyl groups is 1. The van der Waals surface area contributed by atoms with Crippen molar-refractivity contribution in [3.05, 3.63) is 35.4 Å². The van der Waals surface area contributed by atoms with Crippen LogP contribution in [0.15, 0.2) is 24.3 Å². The van der Waals surface area contributed by atoms with Crippen LogP contribution in [-0.2, 0) is 11.3 Å². The van der Waals surface area contributed by atoms with Crippen LogP contribution in [0.25, 0.3) is 0 Å². The molecule has 0 aliphatic heterocycles. The molecule has 0 fully saturated rings. The van der Waals surface area contributed by atoms with Gasteiger partial charge in [-0.1, -0.05) is 36.8 Å². The molecule has 0 aliphatic rings. The fraction of sp³-hybridized carbons (Fsp3) is 0.625. The van der Waals surface area contributed by atoms with Gasteiger partial charge in [0.2, 0.25) is 0 Å². The lowest BCUT2D eigenvalue weighted by molar-refractivity contribution is 0.0968. The highest BCUT2D eigenvalue weighted by Gasteiger charge is 2.10. The van der Waals surface area contributed by atoms with E-state index in [1.807, 2.05) is 6.92 Å². The minimum atomic E-state index is -0.243. The number of methoxy groups -OCH3 is 1. The Bertz CT molecular complexity index is 354. The number of hydrogen-bond acceptors (Lipinski definition) is 3. The molecule has 0 aromatic heterocycles. The van der Waals surface area contributed by atoms with E-state index >= 15 is 0 Å². The molecule has 0 heterocycles. The highest BCUT2D eigenvalue weighted by Crippen LogP contribution is 2.09. The lowest BCUT2D eigenvalue weighted by atomic mass is 10.1. The van der Waals surface area contributed by atoms with Gasteiger partial charge in [0.1, 0.15) is 0 Å². The zero-order chi connectivity index (χ0) is 14.1. The molecule has 0 saturated carbocycles. The molecule has 0 aliphatic carbocycles. The van der Waals surface area contributed by atoms with E-state index in [1.54, 1.807) is 7.11 Å². The maximum Gasteiger partial charge on any atom is 0.0664 e. The molecule has 0 bridgehead atoms. The molecule has 1 unspecified atom stereocenters. The van der Waals surface area contributed by atoms with E-state index in [0.717, 1.165) is 39.1 Å². The fourth-order valence-corrected chi connectivity index (χ4v) is 2.16. The van der Waals surface area contributed by atoms with Crippen molar-refractivity contribution in [1.82, 2.24) is 4.90 Å². The summed E-state index contributed by atoms with van der Waals surface area (Å²) < 4.78 is 5.10. The summed E-state index contributed by atoms with van der Waals surface area (Å²) in [6, 6.07) is 8.56. The number of ether oxygens (including phenoxy) is 1. The van der Waals surface area contributed by atoms with Crippen molar-refractivity contribution in [2.75, 3.05) is 26.8 Å². The second-order valence-corrected chi connectivity index (χ2v) is 5.13. The molecule has 19 heavy (non-hydrogen) atoms. The second-order valence-electron chi connectivity index (χ2n) is 5.13. The Morgan fingerprint density at radius 3 is 2.79 bits per heavy atom. The van der Waals surface area contributed by atoms with E-state index in [9.17, 15) is 5.11 Å². The number of hydrogen-bond donors (Lipinski definition) is 1. The van der Waals surface area contributed by atoms with Gasteiger partial charge in [-0.15, -0.1) is 0 Å². The van der Waals surface area contributed by atoms with Gasteiger partial charge in [-0.05, 0) is 25.3 Å². The van der Waals surface area contributed by atoms with Crippen molar-refractivity contribution in [1.29, 1.82) is 0 Å². The molecule has 0 spiro atoms. The average molecular weight is 265 g/mol. The summed E-state index contributed by atoms with van der Waals surface area (Å²) in [6.45, 7) is 7.48. The van der Waals surface area contributed by atoms with Crippen LogP contribution in [0.3, 0.4) is 0 Å². The third-order valence-corrected chi connectivity index (χ3v) is 3.25. The number of benzene rings is 1. The van der Waals surface area contributed by atoms with Crippen molar-refractivity contribution in [2.24, 2.45) is 0 Å². The lowest BCUT2D eigenvalue weighted by Gasteiger charge is -2.24. The maximum atomic E-state index is 9.84. The van der Waals surface area contributed by atoms with Crippen LogP contribution in [0.5, 0.6) is 0 Å². The molecular formula is C16H27NO2. The molecule has 1 atom stereocenters. The average Bonchev–Trinajstić information content (AvgIpc) is 2.38. The van der Waals surface area contributed by atoms with Crippen molar-refractivity contribution in [2.45, 2.75) is 39.3 Å². The van der Waals surface area contributed by atoms with Gasteiger partial charge < -0.3 is 9.84 Å². The highest BCUT2D eigenvalue weighted by atomic mass is 16.5. The van der Waals surface area contributed by atoms with Gasteiger partial charge in [-0.25, -0.2) is 0 Å². The Labute approximate surface area is 117 Å². The molecule has 108 valence electrons. The summed E-state index contributed by atoms with van der Waals surface area (Å²) in [5.41, 5.74) is 2.59. The Morgan fingerprint density at radius 2 is 2.16 bits per heavy atom. The first-order valence-corrected chi connectivity index (χ1v) is 7.10. The molecule has 3 nitrogen and oxygen atoms in total. The molecule has 1 N–H and O–H groups in total. The first-order valence-electron chi connectivity index (χ1n) is 7.10. The van der Waals surface area contributed by atoms with Crippen LogP contribution in [0.1, 0.15) is 30.9 Å². The fourth-order valence-electron chi connectivity index (χ4n) is 2.16. The smallest absolute Gasteiger partial charge is 0.0664 e. The Kier molecular flexibility index (Phi) is 7.72. The predicted molar refractivity (Wildman–Crippen MR) is 79.2 cm³/mol. The van der Waals surface area contributed by atoms with Gasteiger partial charge in [0, 0.05) is 33.4 Å². The Hall–Kier alpha value is -0.900. The first-order chi connectivity index (χ1) is 9.15. The van der Waals surface area contributed by atoms with Crippen LogP contribution >= 0.6 is 0 Å². The number of nitrogens with zero attached hydrogens (tertiary/aromatic N) is 1. The molecule has 0 radical (unpaired) electrons. The molecule has 1 aromatic carbocycles. The van der Waals surface area contributed by atoms with Crippen molar-refractivity contribution in [3.8, 4) is 0 Å². The molecule has 0 amide bonds. The Balaban J connectivity index is 2.56. The maximum absolute atomic E-state index is 9.84. The first kappa shape index (κ1) is 16.2. The van der Waals surface area contributed by atoms with Crippen molar-refractivity contribution < 1.29 is 9.84 Å². The van der Waals surface area contributed by atoms with Crippen LogP contribution in [-0.4, -0.2) is 42.9 Å². The SMILES string of the molecule is CCC(O)CN(CCCOC)Cc1cccc(C)c1. The van der Waals surface area contributed by atoms with Gasteiger partial charge in [-0.3, -0.25) is 4.90 Å². The second kappa shape index (κ2) is 9.08. The van der Waals surface area contributed by atoms with E-state index in [-0.39, 0.29) is 6.10 Å². The van der Waals surface area contributed by atoms with Gasteiger partial charge in [-0.2, -0.15) is 0 Å². The minimum Gasteiger partial charge on any atom is -0.392 e. The van der Waals surface area contributed by atoms with Crippen LogP contribution in [0.2, 0.25) is 0 Å². The standard InChI is InChI=1S/C16H27NO2/c1-4-16(18)13-17(9-6-10-19-3)12-15-8-5-7-14(2)11-15/h5,7-8,11,16,18H,4,6,9-10,12-13H2,1-3H3. The molecular weight excluding hydrogens is 238 g/mol. The third-order valence-electron chi connectivity index (χ3n) is 3.25. The molecule has 1 rings (SSSR count). The molecule has 3 heteroatoms. The van der Waals surface area contributed by atoms with Gasteiger partial charge in [0.25, 0.3) is 0 Å². The summed E-state index contributed by atoms with van der Waals surface area (Å²) in [4.78, 5) is 2.31. The van der Waals surface area contributed by atoms with Crippen molar-refractivity contribution in [3.63, 3.8) is 0 Å². The predicted octanol–water partition coefficient (Wildman–Crippen LogP) is 2.60. The zero-order valence-electron chi connectivity index (χ0n) is 12.4. The Morgan fingerprint density at radius 1 is 1.37 bits per heavy atom. The van der Waals surface area contributed by atoms with Crippen LogP contribution in [0, 0.1) is 6.92 Å². The van der Waals surface area contributed by atoms with E-state index in [2.05, 4.69) is 36.1 Å². The summed E-state index contributed by atoms with van der Waals surface area (Å²) in [6.07, 6.45) is 1.56. The number of aliphatic hydroxyl groups excluding tert-OH is 1. The largest absolute Gasteiger partial charge is 0.392 e. The third kappa shape index (κ3) is 6.71. The summed E-state index contributed by atoms with van der Waals surface area (Å²) in [7, 11) is 1.73. The van der Waals surface area contributed by atoms with E-state index < -0.39 is 0 Å². The quantitative estimate of drug-likeness (QED) is 0.697. The number of aryl methyl sites for hydroxylation is 1. The minimum absolute atomic E-state index is 0.243. The van der Waals surface area contributed by atoms with E-state index in [0.29, 0.717) is 0 Å². The molecule has 0 saturated heterocycles. The number of rotatable bonds is 9. The van der Waals surface area contributed by atoms with E-state index in [1.165, 1.54) is 11.1 Å². The summed E-state index contributed by atoms with van der Waals surface area (Å²) in [5.74, 6) is 0. The lowest BCUT2D eigenvalue weighted by Crippen LogP contribution is -2.33. The van der Waals surface area contributed by atoms with Crippen LogP contribution < -0.4 is 0 Å². The topological polar surface area (TPSA) is 32.7 Å². The van der Waals surface area contributed by atoms with E-state index in [4.69, 9.17) is 4.74 Å². The van der Waals surface area contributed by atoms with Gasteiger partial charge >= 0.3 is 0 Å². The normalized spacial score (nSPS) is 12.9. The van der Waals surface area contributed by atoms with Crippen LogP contribution in [0.4, 0.5) is 0 Å². The summed E-state index contributed by atoms with van der Waals surface area (Å²) in [5, 5.41) is 9.84. The zero-order valence-corrected chi connectivity index (χ0v) is 12.4. The molecule has 1 aromatic rings. The van der Waals surface area contributed by atoms with Crippen molar-refractivity contribution >= 4 is 0 Å². The monoisotopic (exact) mass is 265 g/mol. The highest BCUT2D eigenvalue weighted by molar-refractivity contribution is 5.22. The summed E-state index contributed by atoms with van der Waals surface area (Å²) >= 11 is 0.